The molecule has 1 aromatic heterocycles. The van der Waals surface area contributed by atoms with Crippen LogP contribution in [0.4, 0.5) is 5.69 Å². The van der Waals surface area contributed by atoms with E-state index in [0.717, 1.165) is 23.1 Å². The fourth-order valence-electron chi connectivity index (χ4n) is 2.61. The van der Waals surface area contributed by atoms with Crippen molar-refractivity contribution in [1.82, 2.24) is 15.0 Å². The Bertz CT molecular complexity index is 1090. The monoisotopic (exact) mass is 396 g/mol. The van der Waals surface area contributed by atoms with Crippen LogP contribution in [-0.2, 0) is 19.1 Å². The van der Waals surface area contributed by atoms with Gasteiger partial charge in [0.15, 0.2) is 0 Å². The third-order valence-electron chi connectivity index (χ3n) is 4.17. The van der Waals surface area contributed by atoms with Gasteiger partial charge < -0.3 is 19.5 Å². The van der Waals surface area contributed by atoms with Gasteiger partial charge in [-0.05, 0) is 48.9 Å². The number of aryl methyl sites for hydroxylation is 1. The van der Waals surface area contributed by atoms with Crippen LogP contribution in [0.5, 0.6) is 5.75 Å². The zero-order valence-corrected chi connectivity index (χ0v) is 16.4. The maximum atomic E-state index is 12.0. The van der Waals surface area contributed by atoms with Crippen LogP contribution in [0.25, 0.3) is 16.7 Å². The summed E-state index contributed by atoms with van der Waals surface area (Å²) >= 11 is 0. The minimum Gasteiger partial charge on any atom is -0.497 e. The van der Waals surface area contributed by atoms with Crippen molar-refractivity contribution in [2.45, 2.75) is 6.92 Å². The molecule has 0 fully saturated rings. The lowest BCUT2D eigenvalue weighted by Gasteiger charge is -2.11. The molecular weight excluding hydrogens is 376 g/mol. The van der Waals surface area contributed by atoms with E-state index in [2.05, 4.69) is 20.3 Å². The molecule has 0 aliphatic rings. The van der Waals surface area contributed by atoms with E-state index in [1.807, 2.05) is 37.3 Å². The zero-order valence-electron chi connectivity index (χ0n) is 16.4. The number of carbonyl (C=O) groups excluding carboxylic acids is 2. The predicted molar refractivity (Wildman–Crippen MR) is 106 cm³/mol. The lowest BCUT2D eigenvalue weighted by molar-refractivity contribution is -0.138. The molecule has 0 bridgehead atoms. The maximum Gasteiger partial charge on any atom is 0.354 e. The first-order valence-corrected chi connectivity index (χ1v) is 8.62. The van der Waals surface area contributed by atoms with E-state index in [1.54, 1.807) is 13.2 Å². The summed E-state index contributed by atoms with van der Waals surface area (Å²) in [6.45, 7) is 1.85. The minimum atomic E-state index is -0.697. The average molecular weight is 396 g/mol. The molecule has 2 aromatic carbocycles. The molecule has 0 radical (unpaired) electrons. The van der Waals surface area contributed by atoms with Crippen LogP contribution in [0.1, 0.15) is 5.56 Å². The van der Waals surface area contributed by atoms with E-state index in [1.165, 1.54) is 19.0 Å². The zero-order chi connectivity index (χ0) is 21.0. The normalized spacial score (nSPS) is 11.2. The van der Waals surface area contributed by atoms with Gasteiger partial charge in [0.1, 0.15) is 22.5 Å². The molecule has 1 heterocycles. The summed E-state index contributed by atoms with van der Waals surface area (Å²) < 4.78 is 14.5. The number of ether oxygens (including phenoxy) is 3. The van der Waals surface area contributed by atoms with Crippen molar-refractivity contribution in [2.24, 2.45) is 0 Å². The van der Waals surface area contributed by atoms with E-state index in [4.69, 9.17) is 9.47 Å². The number of carbonyl (C=O) groups is 2. The van der Waals surface area contributed by atoms with E-state index in [9.17, 15) is 9.59 Å². The van der Waals surface area contributed by atoms with Gasteiger partial charge in [-0.2, -0.15) is 4.80 Å². The number of anilines is 1. The van der Waals surface area contributed by atoms with Crippen molar-refractivity contribution in [3.63, 3.8) is 0 Å². The molecule has 0 amide bonds. The highest BCUT2D eigenvalue weighted by molar-refractivity contribution is 5.99. The summed E-state index contributed by atoms with van der Waals surface area (Å²) in [6, 6.07) is 10.9. The molecule has 3 rings (SSSR count). The SMILES string of the molecule is COC(=O)/C=C(/Nc1cc2nn(-c3ccc(OC)cc3)nc2cc1C)C(=O)OC. The molecule has 0 aliphatic carbocycles. The van der Waals surface area contributed by atoms with Crippen molar-refractivity contribution >= 4 is 28.7 Å². The summed E-state index contributed by atoms with van der Waals surface area (Å²) in [6.07, 6.45) is 1.03. The standard InChI is InChI=1S/C20H20N4O5/c1-12-9-16-17(23-24(22-16)13-5-7-14(27-2)8-6-13)10-15(12)21-18(20(26)29-4)11-19(25)28-3/h5-11,21H,1-4H3/b18-11+. The van der Waals surface area contributed by atoms with Crippen LogP contribution < -0.4 is 10.1 Å². The van der Waals surface area contributed by atoms with Crippen LogP contribution in [0.3, 0.4) is 0 Å². The summed E-state index contributed by atoms with van der Waals surface area (Å²) in [5.74, 6) is -0.639. The minimum absolute atomic E-state index is 0.0515. The largest absolute Gasteiger partial charge is 0.497 e. The summed E-state index contributed by atoms with van der Waals surface area (Å²) in [5, 5.41) is 11.9. The summed E-state index contributed by atoms with van der Waals surface area (Å²) in [7, 11) is 4.05. The van der Waals surface area contributed by atoms with Gasteiger partial charge in [0.05, 0.1) is 33.1 Å². The maximum absolute atomic E-state index is 12.0. The topological polar surface area (TPSA) is 105 Å². The number of rotatable bonds is 6. The molecule has 0 unspecified atom stereocenters. The molecule has 150 valence electrons. The van der Waals surface area contributed by atoms with Crippen LogP contribution in [-0.4, -0.2) is 48.3 Å². The molecule has 9 nitrogen and oxygen atoms in total. The lowest BCUT2D eigenvalue weighted by Crippen LogP contribution is -2.16. The average Bonchev–Trinajstić information content (AvgIpc) is 3.15. The number of nitrogens with one attached hydrogen (secondary N) is 1. The number of methoxy groups -OCH3 is 3. The first-order valence-electron chi connectivity index (χ1n) is 8.62. The van der Waals surface area contributed by atoms with Gasteiger partial charge >= 0.3 is 11.9 Å². The molecule has 9 heteroatoms. The fraction of sp³-hybridized carbons (Fsp3) is 0.200. The highest BCUT2D eigenvalue weighted by Crippen LogP contribution is 2.24. The van der Waals surface area contributed by atoms with Crippen molar-refractivity contribution in [3.05, 3.63) is 53.7 Å². The molecule has 29 heavy (non-hydrogen) atoms. The molecule has 0 saturated heterocycles. The van der Waals surface area contributed by atoms with Crippen molar-refractivity contribution in [2.75, 3.05) is 26.6 Å². The van der Waals surface area contributed by atoms with E-state index in [0.29, 0.717) is 16.7 Å². The number of aromatic nitrogens is 3. The van der Waals surface area contributed by atoms with Gasteiger partial charge in [0.25, 0.3) is 0 Å². The van der Waals surface area contributed by atoms with Gasteiger partial charge in [-0.1, -0.05) is 0 Å². The summed E-state index contributed by atoms with van der Waals surface area (Å²) in [4.78, 5) is 25.0. The number of fused-ring (bicyclic) bond motifs is 1. The Morgan fingerprint density at radius 3 is 2.24 bits per heavy atom. The smallest absolute Gasteiger partial charge is 0.354 e. The quantitative estimate of drug-likeness (QED) is 0.500. The van der Waals surface area contributed by atoms with Crippen LogP contribution in [0, 0.1) is 6.92 Å². The third kappa shape index (κ3) is 4.34. The van der Waals surface area contributed by atoms with Gasteiger partial charge in [-0.25, -0.2) is 9.59 Å². The van der Waals surface area contributed by atoms with Gasteiger partial charge in [-0.15, -0.1) is 10.2 Å². The number of hydrogen-bond donors (Lipinski definition) is 1. The Labute approximate surface area is 166 Å². The van der Waals surface area contributed by atoms with Gasteiger partial charge in [0.2, 0.25) is 0 Å². The fourth-order valence-corrected chi connectivity index (χ4v) is 2.61. The highest BCUT2D eigenvalue weighted by atomic mass is 16.5. The van der Waals surface area contributed by atoms with Crippen LogP contribution in [0.2, 0.25) is 0 Å². The summed E-state index contributed by atoms with van der Waals surface area (Å²) in [5.41, 5.74) is 3.40. The predicted octanol–water partition coefficient (Wildman–Crippen LogP) is 2.38. The van der Waals surface area contributed by atoms with Crippen molar-refractivity contribution < 1.29 is 23.8 Å². The van der Waals surface area contributed by atoms with E-state index < -0.39 is 11.9 Å². The van der Waals surface area contributed by atoms with Gasteiger partial charge in [0, 0.05) is 5.69 Å². The van der Waals surface area contributed by atoms with Crippen molar-refractivity contribution in [3.8, 4) is 11.4 Å². The van der Waals surface area contributed by atoms with E-state index in [-0.39, 0.29) is 5.70 Å². The van der Waals surface area contributed by atoms with Crippen molar-refractivity contribution in [1.29, 1.82) is 0 Å². The highest BCUT2D eigenvalue weighted by Gasteiger charge is 2.15. The first-order chi connectivity index (χ1) is 13.9. The van der Waals surface area contributed by atoms with Crippen LogP contribution in [0.15, 0.2) is 48.2 Å². The van der Waals surface area contributed by atoms with E-state index >= 15 is 0 Å². The van der Waals surface area contributed by atoms with Crippen LogP contribution >= 0.6 is 0 Å². The second kappa shape index (κ2) is 8.42. The van der Waals surface area contributed by atoms with Gasteiger partial charge in [-0.3, -0.25) is 0 Å². The lowest BCUT2D eigenvalue weighted by atomic mass is 10.1. The molecule has 0 spiro atoms. The molecule has 0 atom stereocenters. The number of esters is 2. The second-order valence-corrected chi connectivity index (χ2v) is 6.04. The Morgan fingerprint density at radius 2 is 1.66 bits per heavy atom. The molecule has 0 aliphatic heterocycles. The molecule has 3 aromatic rings. The molecular formula is C20H20N4O5. The molecule has 0 saturated carbocycles. The Balaban J connectivity index is 1.96. The first kappa shape index (κ1) is 19.9. The third-order valence-corrected chi connectivity index (χ3v) is 4.17. The number of nitrogens with zero attached hydrogens (tertiary/aromatic N) is 3. The molecule has 1 N–H and O–H groups in total. The Hall–Kier alpha value is -3.88. The Morgan fingerprint density at radius 1 is 1.00 bits per heavy atom. The Kier molecular flexibility index (Phi) is 5.77. The number of benzene rings is 2. The number of hydrogen-bond acceptors (Lipinski definition) is 8. The second-order valence-electron chi connectivity index (χ2n) is 6.04.